The van der Waals surface area contributed by atoms with Gasteiger partial charge in [0.2, 0.25) is 0 Å². The zero-order chi connectivity index (χ0) is 12.6. The van der Waals surface area contributed by atoms with Crippen LogP contribution >= 0.6 is 11.6 Å². The first-order valence-electron chi connectivity index (χ1n) is 5.57. The molecule has 2 nitrogen and oxygen atoms in total. The van der Waals surface area contributed by atoms with Gasteiger partial charge in [-0.1, -0.05) is 11.6 Å². The number of likely N-dealkylation sites (tertiary alicyclic amines) is 1. The molecular formula is C12H15ClF2N2. The number of nitrogens with zero attached hydrogens (tertiary/aromatic N) is 1. The summed E-state index contributed by atoms with van der Waals surface area (Å²) in [6, 6.07) is 2.06. The predicted octanol–water partition coefficient (Wildman–Crippen LogP) is 2.57. The highest BCUT2D eigenvalue weighted by molar-refractivity contribution is 6.31. The Labute approximate surface area is 104 Å². The molecule has 17 heavy (non-hydrogen) atoms. The molecule has 1 aromatic carbocycles. The summed E-state index contributed by atoms with van der Waals surface area (Å²) in [5, 5.41) is 0.0147. The summed E-state index contributed by atoms with van der Waals surface area (Å²) < 4.78 is 26.6. The maximum atomic E-state index is 13.4. The van der Waals surface area contributed by atoms with E-state index in [4.69, 9.17) is 17.3 Å². The second-order valence-electron chi connectivity index (χ2n) is 4.58. The Bertz CT molecular complexity index is 425. The number of benzene rings is 1. The average molecular weight is 261 g/mol. The standard InChI is InChI=1S/C12H15ClF2N2/c1-17-6-7(5-16)2-11(17)9-3-8(14)4-10(15)12(9)13/h3-4,7,11H,2,5-6,16H2,1H3. The van der Waals surface area contributed by atoms with E-state index in [0.717, 1.165) is 19.0 Å². The molecule has 0 radical (unpaired) electrons. The fourth-order valence-electron chi connectivity index (χ4n) is 2.46. The minimum atomic E-state index is -0.703. The van der Waals surface area contributed by atoms with Gasteiger partial charge < -0.3 is 5.73 Å². The highest BCUT2D eigenvalue weighted by Gasteiger charge is 2.31. The van der Waals surface area contributed by atoms with Crippen molar-refractivity contribution in [1.29, 1.82) is 0 Å². The second-order valence-corrected chi connectivity index (χ2v) is 4.96. The van der Waals surface area contributed by atoms with Crippen molar-refractivity contribution in [2.75, 3.05) is 20.1 Å². The maximum Gasteiger partial charge on any atom is 0.145 e. The number of nitrogens with two attached hydrogens (primary N) is 1. The van der Waals surface area contributed by atoms with Gasteiger partial charge in [-0.05, 0) is 37.6 Å². The van der Waals surface area contributed by atoms with Crippen LogP contribution in [0.4, 0.5) is 8.78 Å². The Kier molecular flexibility index (Phi) is 3.66. The molecule has 1 heterocycles. The average Bonchev–Trinajstić information content (AvgIpc) is 2.65. The Morgan fingerprint density at radius 1 is 1.47 bits per heavy atom. The molecule has 0 saturated carbocycles. The highest BCUT2D eigenvalue weighted by atomic mass is 35.5. The minimum Gasteiger partial charge on any atom is -0.330 e. The zero-order valence-corrected chi connectivity index (χ0v) is 10.3. The molecule has 1 aliphatic heterocycles. The molecule has 2 N–H and O–H groups in total. The number of hydrogen-bond donors (Lipinski definition) is 1. The molecule has 0 amide bonds. The van der Waals surface area contributed by atoms with Gasteiger partial charge in [0.1, 0.15) is 11.6 Å². The summed E-state index contributed by atoms with van der Waals surface area (Å²) in [5.41, 5.74) is 6.14. The van der Waals surface area contributed by atoms with Gasteiger partial charge >= 0.3 is 0 Å². The van der Waals surface area contributed by atoms with Crippen LogP contribution in [0.25, 0.3) is 0 Å². The predicted molar refractivity (Wildman–Crippen MR) is 63.9 cm³/mol. The number of rotatable bonds is 2. The first-order valence-corrected chi connectivity index (χ1v) is 5.95. The molecule has 5 heteroatoms. The van der Waals surface area contributed by atoms with Crippen molar-refractivity contribution < 1.29 is 8.78 Å². The van der Waals surface area contributed by atoms with E-state index in [-0.39, 0.29) is 11.1 Å². The molecular weight excluding hydrogens is 246 g/mol. The fourth-order valence-corrected chi connectivity index (χ4v) is 2.69. The third-order valence-electron chi connectivity index (χ3n) is 3.35. The Morgan fingerprint density at radius 2 is 2.18 bits per heavy atom. The molecule has 94 valence electrons. The van der Waals surface area contributed by atoms with Crippen molar-refractivity contribution in [3.63, 3.8) is 0 Å². The van der Waals surface area contributed by atoms with Crippen molar-refractivity contribution >= 4 is 11.6 Å². The first kappa shape index (κ1) is 12.7. The molecule has 1 aromatic rings. The van der Waals surface area contributed by atoms with Gasteiger partial charge in [0.05, 0.1) is 5.02 Å². The van der Waals surface area contributed by atoms with E-state index in [1.165, 1.54) is 6.07 Å². The van der Waals surface area contributed by atoms with E-state index < -0.39 is 11.6 Å². The van der Waals surface area contributed by atoms with Crippen LogP contribution in [-0.2, 0) is 0 Å². The van der Waals surface area contributed by atoms with Crippen molar-refractivity contribution in [3.05, 3.63) is 34.4 Å². The van der Waals surface area contributed by atoms with E-state index in [9.17, 15) is 8.78 Å². The first-order chi connectivity index (χ1) is 8.02. The van der Waals surface area contributed by atoms with Gasteiger partial charge in [-0.3, -0.25) is 4.90 Å². The van der Waals surface area contributed by atoms with Crippen LogP contribution in [0, 0.1) is 17.6 Å². The summed E-state index contributed by atoms with van der Waals surface area (Å²) in [4.78, 5) is 2.04. The highest BCUT2D eigenvalue weighted by Crippen LogP contribution is 2.38. The molecule has 0 aromatic heterocycles. The smallest absolute Gasteiger partial charge is 0.145 e. The number of halogens is 3. The summed E-state index contributed by atoms with van der Waals surface area (Å²) in [6.45, 7) is 1.41. The van der Waals surface area contributed by atoms with Crippen molar-refractivity contribution in [2.45, 2.75) is 12.5 Å². The van der Waals surface area contributed by atoms with Crippen LogP contribution in [0.3, 0.4) is 0 Å². The molecule has 1 saturated heterocycles. The van der Waals surface area contributed by atoms with Gasteiger partial charge in [-0.15, -0.1) is 0 Å². The Hall–Kier alpha value is -0.710. The van der Waals surface area contributed by atoms with Gasteiger partial charge in [0.25, 0.3) is 0 Å². The Morgan fingerprint density at radius 3 is 2.76 bits per heavy atom. The zero-order valence-electron chi connectivity index (χ0n) is 9.59. The third-order valence-corrected chi connectivity index (χ3v) is 3.75. The van der Waals surface area contributed by atoms with Crippen LogP contribution in [0.2, 0.25) is 5.02 Å². The monoisotopic (exact) mass is 260 g/mol. The lowest BCUT2D eigenvalue weighted by Crippen LogP contribution is -2.21. The van der Waals surface area contributed by atoms with E-state index >= 15 is 0 Å². The van der Waals surface area contributed by atoms with Crippen LogP contribution < -0.4 is 5.73 Å². The summed E-state index contributed by atoms with van der Waals surface area (Å²) >= 11 is 5.90. The lowest BCUT2D eigenvalue weighted by atomic mass is 9.99. The van der Waals surface area contributed by atoms with Crippen LogP contribution in [0.15, 0.2) is 12.1 Å². The second kappa shape index (κ2) is 4.88. The van der Waals surface area contributed by atoms with E-state index in [1.807, 2.05) is 11.9 Å². The topological polar surface area (TPSA) is 29.3 Å². The molecule has 1 aliphatic rings. The van der Waals surface area contributed by atoms with Gasteiger partial charge in [-0.25, -0.2) is 8.78 Å². The molecule has 0 aliphatic carbocycles. The summed E-state index contributed by atoms with van der Waals surface area (Å²) in [5.74, 6) is -0.940. The summed E-state index contributed by atoms with van der Waals surface area (Å²) in [6.07, 6.45) is 0.787. The van der Waals surface area contributed by atoms with E-state index in [1.54, 1.807) is 0 Å². The molecule has 2 rings (SSSR count). The maximum absolute atomic E-state index is 13.4. The quantitative estimate of drug-likeness (QED) is 0.828. The summed E-state index contributed by atoms with van der Waals surface area (Å²) in [7, 11) is 1.92. The lowest BCUT2D eigenvalue weighted by Gasteiger charge is -2.21. The largest absolute Gasteiger partial charge is 0.330 e. The lowest BCUT2D eigenvalue weighted by molar-refractivity contribution is 0.312. The molecule has 2 atom stereocenters. The van der Waals surface area contributed by atoms with Gasteiger partial charge in [0.15, 0.2) is 0 Å². The normalized spacial score (nSPS) is 25.5. The molecule has 0 bridgehead atoms. The van der Waals surface area contributed by atoms with Gasteiger partial charge in [0, 0.05) is 18.7 Å². The van der Waals surface area contributed by atoms with Crippen LogP contribution in [0.5, 0.6) is 0 Å². The van der Waals surface area contributed by atoms with Crippen molar-refractivity contribution in [2.24, 2.45) is 11.7 Å². The third kappa shape index (κ3) is 2.44. The molecule has 0 spiro atoms. The molecule has 2 unspecified atom stereocenters. The SMILES string of the molecule is CN1CC(CN)CC1c1cc(F)cc(F)c1Cl. The van der Waals surface area contributed by atoms with Crippen LogP contribution in [-0.4, -0.2) is 25.0 Å². The number of hydrogen-bond acceptors (Lipinski definition) is 2. The van der Waals surface area contributed by atoms with E-state index in [2.05, 4.69) is 0 Å². The minimum absolute atomic E-state index is 0.0147. The Balaban J connectivity index is 2.34. The van der Waals surface area contributed by atoms with Crippen molar-refractivity contribution in [1.82, 2.24) is 4.90 Å². The van der Waals surface area contributed by atoms with Crippen molar-refractivity contribution in [3.8, 4) is 0 Å². The van der Waals surface area contributed by atoms with E-state index in [0.29, 0.717) is 18.0 Å². The molecule has 1 fully saturated rings. The van der Waals surface area contributed by atoms with Gasteiger partial charge in [-0.2, -0.15) is 0 Å². The fraction of sp³-hybridized carbons (Fsp3) is 0.500. The van der Waals surface area contributed by atoms with Crippen LogP contribution in [0.1, 0.15) is 18.0 Å².